The van der Waals surface area contributed by atoms with E-state index in [1.54, 1.807) is 36.4 Å². The first-order valence-corrected chi connectivity index (χ1v) is 10.8. The van der Waals surface area contributed by atoms with Gasteiger partial charge in [-0.2, -0.15) is 5.10 Å². The zero-order chi connectivity index (χ0) is 24.1. The normalized spacial score (nSPS) is 10.6. The number of nitrogens with zero attached hydrogens (tertiary/aromatic N) is 2. The topological polar surface area (TPSA) is 79.7 Å². The van der Waals surface area contributed by atoms with Gasteiger partial charge in [0, 0.05) is 5.56 Å². The van der Waals surface area contributed by atoms with Crippen molar-refractivity contribution >= 4 is 11.9 Å². The first-order valence-electron chi connectivity index (χ1n) is 10.8. The molecule has 0 bridgehead atoms. The van der Waals surface area contributed by atoms with Crippen molar-refractivity contribution in [1.82, 2.24) is 9.78 Å². The van der Waals surface area contributed by atoms with E-state index < -0.39 is 11.9 Å². The van der Waals surface area contributed by atoms with Crippen LogP contribution in [0.5, 0.6) is 11.5 Å². The number of benzene rings is 3. The van der Waals surface area contributed by atoms with Crippen molar-refractivity contribution in [1.29, 1.82) is 0 Å². The van der Waals surface area contributed by atoms with Gasteiger partial charge in [-0.1, -0.05) is 37.3 Å². The summed E-state index contributed by atoms with van der Waals surface area (Å²) in [5.74, 6) is -0.0303. The highest BCUT2D eigenvalue weighted by atomic mass is 16.5. The van der Waals surface area contributed by atoms with Crippen LogP contribution in [0.25, 0.3) is 16.9 Å². The van der Waals surface area contributed by atoms with Gasteiger partial charge in [-0.3, -0.25) is 0 Å². The van der Waals surface area contributed by atoms with E-state index in [9.17, 15) is 9.59 Å². The molecule has 0 aliphatic heterocycles. The van der Waals surface area contributed by atoms with Crippen LogP contribution in [-0.4, -0.2) is 35.9 Å². The third-order valence-electron chi connectivity index (χ3n) is 5.35. The summed E-state index contributed by atoms with van der Waals surface area (Å²) < 4.78 is 17.3. The minimum atomic E-state index is -0.696. The van der Waals surface area contributed by atoms with Crippen molar-refractivity contribution in [3.8, 4) is 28.4 Å². The van der Waals surface area contributed by atoms with Gasteiger partial charge in [0.15, 0.2) is 5.69 Å². The maximum absolute atomic E-state index is 12.7. The molecule has 0 saturated carbocycles. The first-order chi connectivity index (χ1) is 16.5. The second-order valence-electron chi connectivity index (χ2n) is 7.43. The lowest BCUT2D eigenvalue weighted by Crippen LogP contribution is -2.15. The molecule has 0 aliphatic carbocycles. The maximum atomic E-state index is 12.7. The third kappa shape index (κ3) is 4.54. The van der Waals surface area contributed by atoms with E-state index in [-0.39, 0.29) is 11.3 Å². The Kier molecular flexibility index (Phi) is 6.73. The van der Waals surface area contributed by atoms with Gasteiger partial charge in [-0.25, -0.2) is 14.3 Å². The van der Waals surface area contributed by atoms with Crippen LogP contribution in [0.2, 0.25) is 0 Å². The van der Waals surface area contributed by atoms with Crippen molar-refractivity contribution in [2.45, 2.75) is 13.3 Å². The average molecular weight is 456 g/mol. The summed E-state index contributed by atoms with van der Waals surface area (Å²) in [6, 6.07) is 24.1. The number of methoxy groups -OCH3 is 2. The molecule has 0 atom stereocenters. The van der Waals surface area contributed by atoms with E-state index in [1.807, 2.05) is 42.5 Å². The molecule has 3 aromatic carbocycles. The highest BCUT2D eigenvalue weighted by molar-refractivity contribution is 6.06. The molecule has 0 unspecified atom stereocenters. The number of carbonyl (C=O) groups is 2. The molecule has 0 N–H and O–H groups in total. The van der Waals surface area contributed by atoms with Crippen molar-refractivity contribution in [3.63, 3.8) is 0 Å². The lowest BCUT2D eigenvalue weighted by atomic mass is 10.1. The second kappa shape index (κ2) is 10.0. The molecule has 172 valence electrons. The average Bonchev–Trinajstić information content (AvgIpc) is 3.30. The minimum absolute atomic E-state index is 0.00751. The van der Waals surface area contributed by atoms with Gasteiger partial charge in [0.1, 0.15) is 22.8 Å². The van der Waals surface area contributed by atoms with E-state index in [0.29, 0.717) is 22.7 Å². The van der Waals surface area contributed by atoms with Crippen molar-refractivity contribution < 1.29 is 23.8 Å². The van der Waals surface area contributed by atoms with Crippen molar-refractivity contribution in [3.05, 3.63) is 95.7 Å². The van der Waals surface area contributed by atoms with Crippen LogP contribution in [0.1, 0.15) is 33.3 Å². The van der Waals surface area contributed by atoms with E-state index >= 15 is 0 Å². The standard InChI is InChI=1S/C27H24N2O5/c1-4-18-10-14-21(15-11-18)34-22-16-12-19(13-17-22)24-23(26(30)32-2)25(27(31)33-3)29(28-24)20-8-6-5-7-9-20/h5-17H,4H2,1-3H3. The number of hydrogen-bond donors (Lipinski definition) is 0. The molecule has 1 aromatic heterocycles. The monoisotopic (exact) mass is 456 g/mol. The Hall–Kier alpha value is -4.39. The zero-order valence-electron chi connectivity index (χ0n) is 19.1. The van der Waals surface area contributed by atoms with Crippen LogP contribution >= 0.6 is 0 Å². The summed E-state index contributed by atoms with van der Waals surface area (Å²) in [5.41, 5.74) is 2.78. The van der Waals surface area contributed by atoms with Gasteiger partial charge in [0.2, 0.25) is 0 Å². The van der Waals surface area contributed by atoms with Gasteiger partial charge in [0.25, 0.3) is 0 Å². The van der Waals surface area contributed by atoms with Crippen molar-refractivity contribution in [2.75, 3.05) is 14.2 Å². The molecule has 7 nitrogen and oxygen atoms in total. The Morgan fingerprint density at radius 1 is 0.794 bits per heavy atom. The van der Waals surface area contributed by atoms with Crippen LogP contribution < -0.4 is 4.74 Å². The van der Waals surface area contributed by atoms with Crippen LogP contribution in [-0.2, 0) is 15.9 Å². The second-order valence-corrected chi connectivity index (χ2v) is 7.43. The molecule has 0 spiro atoms. The smallest absolute Gasteiger partial charge is 0.357 e. The summed E-state index contributed by atoms with van der Waals surface area (Å²) in [7, 11) is 2.51. The first kappa shape index (κ1) is 22.8. The van der Waals surface area contributed by atoms with Gasteiger partial charge in [-0.15, -0.1) is 0 Å². The number of para-hydroxylation sites is 1. The number of ether oxygens (including phenoxy) is 3. The lowest BCUT2D eigenvalue weighted by molar-refractivity contribution is 0.0549. The van der Waals surface area contributed by atoms with Gasteiger partial charge in [0.05, 0.1) is 19.9 Å². The van der Waals surface area contributed by atoms with Crippen LogP contribution in [0.3, 0.4) is 0 Å². The molecule has 0 radical (unpaired) electrons. The van der Waals surface area contributed by atoms with Gasteiger partial charge in [-0.05, 0) is 60.5 Å². The Balaban J connectivity index is 1.76. The molecule has 7 heteroatoms. The maximum Gasteiger partial charge on any atom is 0.357 e. The third-order valence-corrected chi connectivity index (χ3v) is 5.35. The molecule has 0 amide bonds. The molecule has 0 fully saturated rings. The summed E-state index contributed by atoms with van der Waals surface area (Å²) in [6.45, 7) is 2.10. The Labute approximate surface area is 197 Å². The number of rotatable bonds is 7. The summed E-state index contributed by atoms with van der Waals surface area (Å²) in [4.78, 5) is 25.4. The number of aryl methyl sites for hydroxylation is 1. The molecule has 4 rings (SSSR count). The minimum Gasteiger partial charge on any atom is -0.465 e. The SMILES string of the molecule is CCc1ccc(Oc2ccc(-c3nn(-c4ccccc4)c(C(=O)OC)c3C(=O)OC)cc2)cc1. The molecule has 0 aliphatic rings. The van der Waals surface area contributed by atoms with E-state index in [4.69, 9.17) is 14.2 Å². The summed E-state index contributed by atoms with van der Waals surface area (Å²) >= 11 is 0. The number of esters is 2. The zero-order valence-corrected chi connectivity index (χ0v) is 19.1. The lowest BCUT2D eigenvalue weighted by Gasteiger charge is -2.08. The highest BCUT2D eigenvalue weighted by Crippen LogP contribution is 2.31. The van der Waals surface area contributed by atoms with E-state index in [0.717, 1.165) is 12.2 Å². The summed E-state index contributed by atoms with van der Waals surface area (Å²) in [6.07, 6.45) is 0.959. The fourth-order valence-electron chi connectivity index (χ4n) is 3.57. The predicted octanol–water partition coefficient (Wildman–Crippen LogP) is 5.47. The van der Waals surface area contributed by atoms with Gasteiger partial charge < -0.3 is 14.2 Å². The molecule has 0 saturated heterocycles. The van der Waals surface area contributed by atoms with E-state index in [2.05, 4.69) is 12.0 Å². The van der Waals surface area contributed by atoms with Crippen LogP contribution in [0.4, 0.5) is 0 Å². The number of hydrogen-bond acceptors (Lipinski definition) is 6. The molecule has 4 aromatic rings. The molecule has 1 heterocycles. The van der Waals surface area contributed by atoms with Crippen molar-refractivity contribution in [2.24, 2.45) is 0 Å². The molecular weight excluding hydrogens is 432 g/mol. The van der Waals surface area contributed by atoms with E-state index in [1.165, 1.54) is 24.5 Å². The van der Waals surface area contributed by atoms with Crippen LogP contribution in [0.15, 0.2) is 78.9 Å². The molecular formula is C27H24N2O5. The number of carbonyl (C=O) groups excluding carboxylic acids is 2. The van der Waals surface area contributed by atoms with Gasteiger partial charge >= 0.3 is 11.9 Å². The number of aromatic nitrogens is 2. The Morgan fingerprint density at radius 3 is 1.94 bits per heavy atom. The van der Waals surface area contributed by atoms with Crippen LogP contribution in [0, 0.1) is 0 Å². The fraction of sp³-hybridized carbons (Fsp3) is 0.148. The Bertz CT molecular complexity index is 1290. The highest BCUT2D eigenvalue weighted by Gasteiger charge is 2.31. The fourth-order valence-corrected chi connectivity index (χ4v) is 3.57. The largest absolute Gasteiger partial charge is 0.465 e. The quantitative estimate of drug-likeness (QED) is 0.343. The predicted molar refractivity (Wildman–Crippen MR) is 128 cm³/mol. The summed E-state index contributed by atoms with van der Waals surface area (Å²) in [5, 5.41) is 4.60. The molecule has 34 heavy (non-hydrogen) atoms. The Morgan fingerprint density at radius 2 is 1.38 bits per heavy atom.